The maximum Gasteiger partial charge on any atom is 0.356 e. The maximum absolute atomic E-state index is 12.6. The predicted octanol–water partition coefficient (Wildman–Crippen LogP) is 1.37. The molecule has 0 saturated carbocycles. The summed E-state index contributed by atoms with van der Waals surface area (Å²) in [5.41, 5.74) is -0.410. The minimum atomic E-state index is -1.27. The van der Waals surface area contributed by atoms with Crippen molar-refractivity contribution >= 4 is 46.9 Å². The Morgan fingerprint density at radius 2 is 2.07 bits per heavy atom. The van der Waals surface area contributed by atoms with E-state index in [0.29, 0.717) is 0 Å². The number of carbonyl (C=O) groups excluding carboxylic acids is 3. The van der Waals surface area contributed by atoms with E-state index in [2.05, 4.69) is 5.32 Å². The van der Waals surface area contributed by atoms with E-state index in [-0.39, 0.29) is 29.4 Å². The minimum absolute atomic E-state index is 0.0370. The lowest BCUT2D eigenvalue weighted by atomic mass is 10.0. The summed E-state index contributed by atoms with van der Waals surface area (Å²) in [6.07, 6.45) is 0.153. The number of ether oxygens (including phenoxy) is 1. The molecule has 0 bridgehead atoms. The van der Waals surface area contributed by atoms with Gasteiger partial charge in [-0.2, -0.15) is 11.3 Å². The van der Waals surface area contributed by atoms with Crippen molar-refractivity contribution in [1.29, 1.82) is 0 Å². The van der Waals surface area contributed by atoms with Crippen LogP contribution in [0.1, 0.15) is 26.3 Å². The van der Waals surface area contributed by atoms with Gasteiger partial charge >= 0.3 is 11.9 Å². The van der Waals surface area contributed by atoms with Crippen molar-refractivity contribution in [1.82, 2.24) is 10.2 Å². The Morgan fingerprint density at radius 1 is 1.36 bits per heavy atom. The second-order valence-electron chi connectivity index (χ2n) is 7.40. The summed E-state index contributed by atoms with van der Waals surface area (Å²) in [5.74, 6) is -2.91. The average Bonchev–Trinajstić information content (AvgIpc) is 3.09. The van der Waals surface area contributed by atoms with E-state index in [1.807, 2.05) is 16.8 Å². The van der Waals surface area contributed by atoms with Crippen LogP contribution in [0.2, 0.25) is 0 Å². The fourth-order valence-corrected chi connectivity index (χ4v) is 4.90. The first-order chi connectivity index (χ1) is 13.1. The normalized spacial score (nSPS) is 21.7. The highest BCUT2D eigenvalue weighted by molar-refractivity contribution is 8.00. The summed E-state index contributed by atoms with van der Waals surface area (Å²) in [7, 11) is 0. The number of esters is 1. The zero-order valence-corrected chi connectivity index (χ0v) is 17.2. The van der Waals surface area contributed by atoms with Crippen LogP contribution >= 0.6 is 23.1 Å². The van der Waals surface area contributed by atoms with Crippen molar-refractivity contribution in [2.45, 2.75) is 44.2 Å². The summed E-state index contributed by atoms with van der Waals surface area (Å²) in [6.45, 7) is 4.98. The van der Waals surface area contributed by atoms with E-state index in [1.54, 1.807) is 20.8 Å². The molecule has 1 aromatic heterocycles. The Morgan fingerprint density at radius 3 is 2.64 bits per heavy atom. The van der Waals surface area contributed by atoms with Crippen LogP contribution in [0.3, 0.4) is 0 Å². The molecule has 3 heterocycles. The summed E-state index contributed by atoms with van der Waals surface area (Å²) in [6, 6.07) is 1.03. The highest BCUT2D eigenvalue weighted by Crippen LogP contribution is 2.41. The van der Waals surface area contributed by atoms with Crippen LogP contribution in [0.25, 0.3) is 0 Å². The van der Waals surface area contributed by atoms with Crippen molar-refractivity contribution in [3.63, 3.8) is 0 Å². The lowest BCUT2D eigenvalue weighted by Crippen LogP contribution is -2.71. The molecule has 1 saturated heterocycles. The van der Waals surface area contributed by atoms with Crippen LogP contribution in [-0.4, -0.2) is 56.5 Å². The van der Waals surface area contributed by atoms with Crippen LogP contribution in [-0.2, 0) is 30.3 Å². The van der Waals surface area contributed by atoms with Gasteiger partial charge in [-0.25, -0.2) is 9.59 Å². The Bertz CT molecular complexity index is 856. The number of fused-ring (bicyclic) bond motifs is 1. The van der Waals surface area contributed by atoms with Gasteiger partial charge in [0, 0.05) is 5.75 Å². The van der Waals surface area contributed by atoms with Crippen LogP contribution in [0, 0.1) is 0 Å². The molecular formula is C18H20N2O6S2. The summed E-state index contributed by atoms with van der Waals surface area (Å²) < 4.78 is 5.30. The Balaban J connectivity index is 1.77. The Labute approximate surface area is 169 Å². The smallest absolute Gasteiger partial charge is 0.356 e. The molecule has 0 aliphatic carbocycles. The largest absolute Gasteiger partial charge is 0.478 e. The zero-order valence-electron chi connectivity index (χ0n) is 15.6. The standard InChI is InChI=1S/C18H20N2O6S2/c1-18(2,3)26-17(25)13-10(16(23)24)8-28-15-12(14(22)20(13)15)19-11(21)6-9-4-5-27-7-9/h4-5,7,12,15H,6,8H2,1-3H3,(H,19,21)(H,23,24)/t12?,15-/m0/s1. The molecule has 0 radical (unpaired) electrons. The maximum atomic E-state index is 12.6. The first-order valence-electron chi connectivity index (χ1n) is 8.53. The quantitative estimate of drug-likeness (QED) is 0.542. The first-order valence-corrected chi connectivity index (χ1v) is 10.5. The molecular weight excluding hydrogens is 404 g/mol. The third-order valence-electron chi connectivity index (χ3n) is 4.08. The number of carboxylic acid groups (broad SMARTS) is 1. The number of carboxylic acids is 1. The van der Waals surface area contributed by atoms with E-state index >= 15 is 0 Å². The van der Waals surface area contributed by atoms with Gasteiger partial charge in [-0.05, 0) is 43.2 Å². The molecule has 2 aliphatic heterocycles. The summed E-state index contributed by atoms with van der Waals surface area (Å²) in [4.78, 5) is 50.1. The predicted molar refractivity (Wildman–Crippen MR) is 104 cm³/mol. The van der Waals surface area contributed by atoms with Crippen LogP contribution < -0.4 is 5.32 Å². The zero-order chi connectivity index (χ0) is 20.6. The van der Waals surface area contributed by atoms with Gasteiger partial charge < -0.3 is 15.2 Å². The third-order valence-corrected chi connectivity index (χ3v) is 6.09. The number of rotatable bonds is 5. The monoisotopic (exact) mass is 424 g/mol. The van der Waals surface area contributed by atoms with Gasteiger partial charge in [0.2, 0.25) is 5.91 Å². The molecule has 1 unspecified atom stereocenters. The number of nitrogens with one attached hydrogen (secondary N) is 1. The van der Waals surface area contributed by atoms with Gasteiger partial charge in [-0.15, -0.1) is 11.8 Å². The number of aliphatic carboxylic acids is 1. The Kier molecular flexibility index (Phi) is 5.53. The first kappa shape index (κ1) is 20.4. The molecule has 8 nitrogen and oxygen atoms in total. The van der Waals surface area contributed by atoms with Crippen LogP contribution in [0.5, 0.6) is 0 Å². The topological polar surface area (TPSA) is 113 Å². The number of hydrogen-bond acceptors (Lipinski definition) is 7. The van der Waals surface area contributed by atoms with Gasteiger partial charge in [0.05, 0.1) is 12.0 Å². The highest BCUT2D eigenvalue weighted by atomic mass is 32.2. The van der Waals surface area contributed by atoms with Crippen molar-refractivity contribution < 1.29 is 29.0 Å². The van der Waals surface area contributed by atoms with Crippen LogP contribution in [0.4, 0.5) is 0 Å². The van der Waals surface area contributed by atoms with Gasteiger partial charge in [-0.3, -0.25) is 14.5 Å². The fraction of sp³-hybridized carbons (Fsp3) is 0.444. The highest BCUT2D eigenvalue weighted by Gasteiger charge is 2.55. The van der Waals surface area contributed by atoms with Crippen molar-refractivity contribution in [2.24, 2.45) is 0 Å². The van der Waals surface area contributed by atoms with Crippen LogP contribution in [0.15, 0.2) is 28.1 Å². The number of carbonyl (C=O) groups is 4. The summed E-state index contributed by atoms with van der Waals surface area (Å²) >= 11 is 2.67. The van der Waals surface area contributed by atoms with Crippen molar-refractivity contribution in [3.8, 4) is 0 Å². The number of β-lactam (4-membered cyclic amide) rings is 1. The average molecular weight is 425 g/mol. The van der Waals surface area contributed by atoms with E-state index in [0.717, 1.165) is 10.5 Å². The van der Waals surface area contributed by atoms with Gasteiger partial charge in [0.15, 0.2) is 0 Å². The number of hydrogen-bond donors (Lipinski definition) is 2. The van der Waals surface area contributed by atoms with Crippen molar-refractivity contribution in [2.75, 3.05) is 5.75 Å². The molecule has 2 N–H and O–H groups in total. The molecule has 3 rings (SSSR count). The van der Waals surface area contributed by atoms with E-state index in [1.165, 1.54) is 23.1 Å². The number of thioether (sulfide) groups is 1. The molecule has 1 aromatic rings. The van der Waals surface area contributed by atoms with Crippen molar-refractivity contribution in [3.05, 3.63) is 33.7 Å². The molecule has 1 fully saturated rings. The second kappa shape index (κ2) is 7.59. The number of thiophene rings is 1. The third kappa shape index (κ3) is 4.07. The number of amides is 2. The molecule has 0 spiro atoms. The molecule has 10 heteroatoms. The van der Waals surface area contributed by atoms with Gasteiger partial charge in [-0.1, -0.05) is 0 Å². The molecule has 2 amide bonds. The molecule has 0 aromatic carbocycles. The fourth-order valence-electron chi connectivity index (χ4n) is 2.90. The Hall–Kier alpha value is -2.33. The molecule has 2 aliphatic rings. The van der Waals surface area contributed by atoms with E-state index in [4.69, 9.17) is 4.74 Å². The lowest BCUT2D eigenvalue weighted by molar-refractivity contribution is -0.159. The van der Waals surface area contributed by atoms with Gasteiger partial charge in [0.25, 0.3) is 5.91 Å². The van der Waals surface area contributed by atoms with E-state index in [9.17, 15) is 24.3 Å². The molecule has 150 valence electrons. The lowest BCUT2D eigenvalue weighted by Gasteiger charge is -2.49. The van der Waals surface area contributed by atoms with Gasteiger partial charge in [0.1, 0.15) is 22.7 Å². The number of nitrogens with zero attached hydrogens (tertiary/aromatic N) is 1. The SMILES string of the molecule is CC(C)(C)OC(=O)C1=C(C(=O)O)CS[C@H]2C(NC(=O)Cc3ccsc3)C(=O)N12. The molecule has 28 heavy (non-hydrogen) atoms. The molecule has 2 atom stereocenters. The van der Waals surface area contributed by atoms with E-state index < -0.39 is 34.9 Å². The minimum Gasteiger partial charge on any atom is -0.478 e. The second-order valence-corrected chi connectivity index (χ2v) is 9.28. The summed E-state index contributed by atoms with van der Waals surface area (Å²) in [5, 5.41) is 15.3.